The Morgan fingerprint density at radius 1 is 1.45 bits per heavy atom. The molecule has 1 N–H and O–H groups in total. The fraction of sp³-hybridized carbons (Fsp3) is 1.00. The normalized spacial score (nSPS) is 28.9. The van der Waals surface area contributed by atoms with Gasteiger partial charge in [0.1, 0.15) is 0 Å². The number of rotatable bonds is 2. The van der Waals surface area contributed by atoms with Crippen LogP contribution in [-0.2, 0) is 4.74 Å². The van der Waals surface area contributed by atoms with Crippen molar-refractivity contribution < 1.29 is 9.84 Å². The SMILES string of the molecule is CC(C)C(O)C1CCCOC1. The Balaban J connectivity index is 2.32. The van der Waals surface area contributed by atoms with Gasteiger partial charge in [0.25, 0.3) is 0 Å². The lowest BCUT2D eigenvalue weighted by atomic mass is 9.89. The first kappa shape index (κ1) is 9.01. The summed E-state index contributed by atoms with van der Waals surface area (Å²) in [5.41, 5.74) is 0. The summed E-state index contributed by atoms with van der Waals surface area (Å²) >= 11 is 0. The van der Waals surface area contributed by atoms with Gasteiger partial charge in [-0.25, -0.2) is 0 Å². The second-order valence-corrected chi connectivity index (χ2v) is 3.71. The van der Waals surface area contributed by atoms with Crippen LogP contribution in [0.15, 0.2) is 0 Å². The molecule has 2 unspecified atom stereocenters. The van der Waals surface area contributed by atoms with E-state index in [0.717, 1.165) is 26.1 Å². The first-order valence-corrected chi connectivity index (χ1v) is 4.47. The largest absolute Gasteiger partial charge is 0.392 e. The van der Waals surface area contributed by atoms with Crippen molar-refractivity contribution in [2.45, 2.75) is 32.8 Å². The van der Waals surface area contributed by atoms with Crippen molar-refractivity contribution >= 4 is 0 Å². The van der Waals surface area contributed by atoms with E-state index in [9.17, 15) is 5.11 Å². The second-order valence-electron chi connectivity index (χ2n) is 3.71. The van der Waals surface area contributed by atoms with Crippen LogP contribution in [0.5, 0.6) is 0 Å². The van der Waals surface area contributed by atoms with Crippen molar-refractivity contribution in [3.05, 3.63) is 0 Å². The molecular weight excluding hydrogens is 140 g/mol. The maximum absolute atomic E-state index is 9.67. The number of aliphatic hydroxyl groups excluding tert-OH is 1. The van der Waals surface area contributed by atoms with E-state index in [2.05, 4.69) is 13.8 Å². The Bertz CT molecular complexity index is 106. The van der Waals surface area contributed by atoms with E-state index in [1.54, 1.807) is 0 Å². The fourth-order valence-electron chi connectivity index (χ4n) is 1.58. The van der Waals surface area contributed by atoms with Gasteiger partial charge in [0, 0.05) is 12.5 Å². The molecule has 1 heterocycles. The van der Waals surface area contributed by atoms with Gasteiger partial charge < -0.3 is 9.84 Å². The highest BCUT2D eigenvalue weighted by Crippen LogP contribution is 2.21. The van der Waals surface area contributed by atoms with Crippen LogP contribution >= 0.6 is 0 Å². The zero-order valence-electron chi connectivity index (χ0n) is 7.42. The summed E-state index contributed by atoms with van der Waals surface area (Å²) in [6, 6.07) is 0. The summed E-state index contributed by atoms with van der Waals surface area (Å²) in [4.78, 5) is 0. The zero-order chi connectivity index (χ0) is 8.27. The fourth-order valence-corrected chi connectivity index (χ4v) is 1.58. The molecule has 0 bridgehead atoms. The van der Waals surface area contributed by atoms with E-state index in [4.69, 9.17) is 4.74 Å². The average Bonchev–Trinajstić information content (AvgIpc) is 2.05. The second kappa shape index (κ2) is 4.07. The molecule has 0 spiro atoms. The van der Waals surface area contributed by atoms with Gasteiger partial charge in [-0.3, -0.25) is 0 Å². The van der Waals surface area contributed by atoms with E-state index < -0.39 is 0 Å². The van der Waals surface area contributed by atoms with Crippen LogP contribution in [0, 0.1) is 11.8 Å². The first-order chi connectivity index (χ1) is 5.22. The molecule has 1 rings (SSSR count). The summed E-state index contributed by atoms with van der Waals surface area (Å²) in [5, 5.41) is 9.67. The molecule has 1 saturated heterocycles. The lowest BCUT2D eigenvalue weighted by Crippen LogP contribution is -2.32. The third-order valence-corrected chi connectivity index (χ3v) is 2.36. The highest BCUT2D eigenvalue weighted by atomic mass is 16.5. The molecule has 1 fully saturated rings. The topological polar surface area (TPSA) is 29.5 Å². The summed E-state index contributed by atoms with van der Waals surface area (Å²) in [6.45, 7) is 5.74. The third kappa shape index (κ3) is 2.46. The predicted molar refractivity (Wildman–Crippen MR) is 44.4 cm³/mol. The van der Waals surface area contributed by atoms with Gasteiger partial charge in [-0.05, 0) is 18.8 Å². The molecular formula is C9H18O2. The molecule has 1 aliphatic heterocycles. The molecule has 0 saturated carbocycles. The average molecular weight is 158 g/mol. The Labute approximate surface area is 68.6 Å². The van der Waals surface area contributed by atoms with Crippen LogP contribution in [0.1, 0.15) is 26.7 Å². The molecule has 66 valence electrons. The van der Waals surface area contributed by atoms with Crippen molar-refractivity contribution in [3.8, 4) is 0 Å². The molecule has 0 radical (unpaired) electrons. The minimum absolute atomic E-state index is 0.171. The maximum atomic E-state index is 9.67. The highest BCUT2D eigenvalue weighted by molar-refractivity contribution is 4.73. The van der Waals surface area contributed by atoms with Gasteiger partial charge in [0.15, 0.2) is 0 Å². The molecule has 2 heteroatoms. The number of ether oxygens (including phenoxy) is 1. The van der Waals surface area contributed by atoms with Crippen molar-refractivity contribution in [1.82, 2.24) is 0 Å². The van der Waals surface area contributed by atoms with Crippen LogP contribution in [0.2, 0.25) is 0 Å². The number of hydrogen-bond donors (Lipinski definition) is 1. The van der Waals surface area contributed by atoms with E-state index in [1.165, 1.54) is 0 Å². The summed E-state index contributed by atoms with van der Waals surface area (Å²) in [7, 11) is 0. The Kier molecular flexibility index (Phi) is 3.34. The van der Waals surface area contributed by atoms with Gasteiger partial charge in [-0.1, -0.05) is 13.8 Å². The van der Waals surface area contributed by atoms with Gasteiger partial charge in [-0.15, -0.1) is 0 Å². The summed E-state index contributed by atoms with van der Waals surface area (Å²) in [5.74, 6) is 0.741. The molecule has 0 aromatic heterocycles. The highest BCUT2D eigenvalue weighted by Gasteiger charge is 2.24. The maximum Gasteiger partial charge on any atom is 0.0613 e. The van der Waals surface area contributed by atoms with Gasteiger partial charge in [0.2, 0.25) is 0 Å². The minimum Gasteiger partial charge on any atom is -0.392 e. The zero-order valence-corrected chi connectivity index (χ0v) is 7.42. The van der Waals surface area contributed by atoms with E-state index >= 15 is 0 Å². The van der Waals surface area contributed by atoms with Crippen LogP contribution < -0.4 is 0 Å². The number of hydrogen-bond acceptors (Lipinski definition) is 2. The molecule has 0 amide bonds. The van der Waals surface area contributed by atoms with Crippen molar-refractivity contribution in [2.24, 2.45) is 11.8 Å². The Morgan fingerprint density at radius 2 is 2.18 bits per heavy atom. The monoisotopic (exact) mass is 158 g/mol. The van der Waals surface area contributed by atoms with Crippen LogP contribution in [0.3, 0.4) is 0 Å². The minimum atomic E-state index is -0.171. The van der Waals surface area contributed by atoms with Gasteiger partial charge >= 0.3 is 0 Å². The van der Waals surface area contributed by atoms with Gasteiger partial charge in [0.05, 0.1) is 12.7 Å². The Hall–Kier alpha value is -0.0800. The van der Waals surface area contributed by atoms with E-state index in [1.807, 2.05) is 0 Å². The summed E-state index contributed by atoms with van der Waals surface area (Å²) < 4.78 is 5.29. The molecule has 0 aromatic rings. The first-order valence-electron chi connectivity index (χ1n) is 4.47. The number of aliphatic hydroxyl groups is 1. The van der Waals surface area contributed by atoms with E-state index in [-0.39, 0.29) is 6.10 Å². The van der Waals surface area contributed by atoms with Crippen molar-refractivity contribution in [1.29, 1.82) is 0 Å². The van der Waals surface area contributed by atoms with Crippen LogP contribution in [0.25, 0.3) is 0 Å². The smallest absolute Gasteiger partial charge is 0.0613 e. The predicted octanol–water partition coefficient (Wildman–Crippen LogP) is 1.43. The third-order valence-electron chi connectivity index (χ3n) is 2.36. The summed E-state index contributed by atoms with van der Waals surface area (Å²) in [6.07, 6.45) is 2.06. The molecule has 11 heavy (non-hydrogen) atoms. The van der Waals surface area contributed by atoms with Crippen molar-refractivity contribution in [2.75, 3.05) is 13.2 Å². The molecule has 0 aliphatic carbocycles. The lowest BCUT2D eigenvalue weighted by molar-refractivity contribution is -0.0265. The van der Waals surface area contributed by atoms with E-state index in [0.29, 0.717) is 11.8 Å². The molecule has 0 aromatic carbocycles. The molecule has 1 aliphatic rings. The standard InChI is InChI=1S/C9H18O2/c1-7(2)9(10)8-4-3-5-11-6-8/h7-10H,3-6H2,1-2H3. The molecule has 2 nitrogen and oxygen atoms in total. The van der Waals surface area contributed by atoms with Crippen LogP contribution in [0.4, 0.5) is 0 Å². The van der Waals surface area contributed by atoms with Gasteiger partial charge in [-0.2, -0.15) is 0 Å². The van der Waals surface area contributed by atoms with Crippen molar-refractivity contribution in [3.63, 3.8) is 0 Å². The quantitative estimate of drug-likeness (QED) is 0.658. The molecule has 2 atom stereocenters. The Morgan fingerprint density at radius 3 is 2.64 bits per heavy atom. The lowest BCUT2D eigenvalue weighted by Gasteiger charge is -2.28. The van der Waals surface area contributed by atoms with Crippen LogP contribution in [-0.4, -0.2) is 24.4 Å².